The van der Waals surface area contributed by atoms with E-state index in [0.717, 1.165) is 87.8 Å². The van der Waals surface area contributed by atoms with Crippen LogP contribution in [0.5, 0.6) is 0 Å². The summed E-state index contributed by atoms with van der Waals surface area (Å²) in [5, 5.41) is 3.60. The Morgan fingerprint density at radius 1 is 0.291 bits per heavy atom. The van der Waals surface area contributed by atoms with Gasteiger partial charge in [-0.2, -0.15) is 0 Å². The summed E-state index contributed by atoms with van der Waals surface area (Å²) in [5.74, 6) is -2.61. The molecular weight excluding hydrogens is 1000 g/mol. The quantitative estimate of drug-likeness (QED) is 0.123. The molecule has 2 aliphatic rings. The SMILES string of the molecule is CC1(C)c2ccccc2-c2c(-c3sc(-c4cccc5c4-c4ccccc4C5(C)C)c4nc5c6cc(-c7ccccc7-c7cc(F)cc(F)c7)ccc6c6ccc(-c7ccccc7-c7cc(F)cc(F)c7)cc6c5nc34)cccc21. The highest BCUT2D eigenvalue weighted by atomic mass is 32.1. The van der Waals surface area contributed by atoms with Gasteiger partial charge in [0, 0.05) is 44.9 Å². The summed E-state index contributed by atoms with van der Waals surface area (Å²) in [4.78, 5) is 13.9. The van der Waals surface area contributed by atoms with Crippen LogP contribution in [0.3, 0.4) is 0 Å². The Labute approximate surface area is 458 Å². The molecule has 2 nitrogen and oxygen atoms in total. The fourth-order valence-electron chi connectivity index (χ4n) is 13.3. The van der Waals surface area contributed by atoms with E-state index in [0.29, 0.717) is 33.3 Å². The minimum absolute atomic E-state index is 0.246. The van der Waals surface area contributed by atoms with Crippen molar-refractivity contribution in [3.8, 4) is 87.6 Å². The number of nitrogens with zero attached hydrogens (tertiary/aromatic N) is 2. The van der Waals surface area contributed by atoms with E-state index in [1.54, 1.807) is 11.3 Å². The molecule has 79 heavy (non-hydrogen) atoms. The number of benzene rings is 11. The van der Waals surface area contributed by atoms with Gasteiger partial charge in [0.25, 0.3) is 0 Å². The number of halogens is 4. The molecule has 0 saturated carbocycles. The zero-order valence-electron chi connectivity index (χ0n) is 43.4. The fraction of sp³-hybridized carbons (Fsp3) is 0.0833. The van der Waals surface area contributed by atoms with Crippen LogP contribution in [0.25, 0.3) is 131 Å². The lowest BCUT2D eigenvalue weighted by Gasteiger charge is -2.21. The first-order valence-electron chi connectivity index (χ1n) is 26.5. The van der Waals surface area contributed by atoms with E-state index >= 15 is 0 Å². The summed E-state index contributed by atoms with van der Waals surface area (Å²) in [6.45, 7) is 9.22. The minimum Gasteiger partial charge on any atom is -0.242 e. The average Bonchev–Trinajstić information content (AvgIpc) is 4.29. The highest BCUT2D eigenvalue weighted by Gasteiger charge is 2.40. The molecule has 0 fully saturated rings. The van der Waals surface area contributed by atoms with Crippen molar-refractivity contribution in [2.24, 2.45) is 0 Å². The second-order valence-corrected chi connectivity index (χ2v) is 23.1. The Hall–Kier alpha value is -9.04. The summed E-state index contributed by atoms with van der Waals surface area (Å²) in [6, 6.07) is 66.1. The van der Waals surface area contributed by atoms with Crippen molar-refractivity contribution in [1.82, 2.24) is 9.97 Å². The molecule has 7 heteroatoms. The molecule has 2 aliphatic carbocycles. The minimum atomic E-state index is -0.652. The third kappa shape index (κ3) is 7.08. The number of rotatable bonds is 6. The van der Waals surface area contributed by atoms with Crippen molar-refractivity contribution in [1.29, 1.82) is 0 Å². The van der Waals surface area contributed by atoms with Crippen LogP contribution in [-0.4, -0.2) is 9.97 Å². The molecule has 2 heterocycles. The Kier molecular flexibility index (Phi) is 10.3. The zero-order chi connectivity index (χ0) is 53.6. The highest BCUT2D eigenvalue weighted by Crippen LogP contribution is 2.58. The van der Waals surface area contributed by atoms with Crippen LogP contribution < -0.4 is 0 Å². The Balaban J connectivity index is 1.08. The molecule has 0 saturated heterocycles. The smallest absolute Gasteiger partial charge is 0.126 e. The summed E-state index contributed by atoms with van der Waals surface area (Å²) < 4.78 is 59.7. The third-order valence-corrected chi connectivity index (χ3v) is 18.1. The summed E-state index contributed by atoms with van der Waals surface area (Å²) >= 11 is 1.74. The standard InChI is InChI=1S/C72H46F4N2S/c1-71(2)59-23-11-9-19-53(59)63-55(21-13-25-61(63)71)69-67-68(70(79-69)56-22-14-26-62-64(56)54-20-10-12-24-60(54)72(62,3)4)78-66-58-36-40(48-16-6-8-18-50(48)42-33-45(75)38-46(76)34-42)28-30-52(58)51-29-27-39(35-57(51)65(66)77-67)47-15-5-7-17-49(47)41-31-43(73)37-44(74)32-41/h5-38H,1-4H3. The van der Waals surface area contributed by atoms with Gasteiger partial charge in [-0.25, -0.2) is 27.5 Å². The lowest BCUT2D eigenvalue weighted by Crippen LogP contribution is -2.14. The highest BCUT2D eigenvalue weighted by molar-refractivity contribution is 7.21. The molecule has 0 aliphatic heterocycles. The molecule has 0 unspecified atom stereocenters. The van der Waals surface area contributed by atoms with Crippen molar-refractivity contribution < 1.29 is 17.6 Å². The second kappa shape index (κ2) is 17.2. The fourth-order valence-corrected chi connectivity index (χ4v) is 14.5. The molecule has 0 atom stereocenters. The van der Waals surface area contributed by atoms with Crippen molar-refractivity contribution in [3.05, 3.63) is 252 Å². The van der Waals surface area contributed by atoms with Crippen LogP contribution in [0.1, 0.15) is 49.9 Å². The molecule has 0 spiro atoms. The third-order valence-electron chi connectivity index (χ3n) is 16.9. The van der Waals surface area contributed by atoms with Crippen LogP contribution in [0, 0.1) is 23.3 Å². The maximum absolute atomic E-state index is 14.9. The molecule has 0 bridgehead atoms. The van der Waals surface area contributed by atoms with Gasteiger partial charge < -0.3 is 0 Å². The normalized spacial score (nSPS) is 13.8. The molecule has 15 rings (SSSR count). The van der Waals surface area contributed by atoms with E-state index < -0.39 is 23.3 Å². The van der Waals surface area contributed by atoms with Crippen molar-refractivity contribution in [3.63, 3.8) is 0 Å². The molecule has 0 N–H and O–H groups in total. The van der Waals surface area contributed by atoms with E-state index in [1.807, 2.05) is 48.5 Å². The van der Waals surface area contributed by atoms with Crippen molar-refractivity contribution >= 4 is 54.9 Å². The van der Waals surface area contributed by atoms with Crippen LogP contribution in [0.15, 0.2) is 206 Å². The van der Waals surface area contributed by atoms with Crippen LogP contribution in [0.4, 0.5) is 17.6 Å². The molecular formula is C72H46F4N2S. The molecule has 13 aromatic rings. The predicted octanol–water partition coefficient (Wildman–Crippen LogP) is 20.3. The molecule has 11 aromatic carbocycles. The van der Waals surface area contributed by atoms with Gasteiger partial charge in [0.1, 0.15) is 34.3 Å². The van der Waals surface area contributed by atoms with E-state index in [4.69, 9.17) is 9.97 Å². The Morgan fingerprint density at radius 3 is 1.01 bits per heavy atom. The first-order chi connectivity index (χ1) is 38.3. The topological polar surface area (TPSA) is 25.8 Å². The number of hydrogen-bond acceptors (Lipinski definition) is 3. The van der Waals surface area contributed by atoms with Gasteiger partial charge in [0.2, 0.25) is 0 Å². The van der Waals surface area contributed by atoms with Crippen LogP contribution in [-0.2, 0) is 10.8 Å². The van der Waals surface area contributed by atoms with Gasteiger partial charge in [-0.05, 0) is 136 Å². The van der Waals surface area contributed by atoms with Gasteiger partial charge in [0.05, 0.1) is 20.8 Å². The lowest BCUT2D eigenvalue weighted by molar-refractivity contribution is 0.583. The maximum atomic E-state index is 14.9. The second-order valence-electron chi connectivity index (χ2n) is 22.1. The van der Waals surface area contributed by atoms with E-state index in [9.17, 15) is 17.6 Å². The number of fused-ring (bicyclic) bond motifs is 13. The van der Waals surface area contributed by atoms with Crippen LogP contribution in [0.2, 0.25) is 0 Å². The Bertz CT molecular complexity index is 4460. The molecule has 378 valence electrons. The molecule has 0 radical (unpaired) electrons. The number of thiophene rings is 1. The number of hydrogen-bond donors (Lipinski definition) is 0. The van der Waals surface area contributed by atoms with E-state index in [-0.39, 0.29) is 10.8 Å². The van der Waals surface area contributed by atoms with Crippen molar-refractivity contribution in [2.45, 2.75) is 38.5 Å². The van der Waals surface area contributed by atoms with Gasteiger partial charge in [0.15, 0.2) is 0 Å². The first kappa shape index (κ1) is 47.2. The van der Waals surface area contributed by atoms with Gasteiger partial charge >= 0.3 is 0 Å². The summed E-state index contributed by atoms with van der Waals surface area (Å²) in [6.07, 6.45) is 0. The molecule has 2 aromatic heterocycles. The van der Waals surface area contributed by atoms with Crippen LogP contribution >= 0.6 is 11.3 Å². The van der Waals surface area contributed by atoms with Gasteiger partial charge in [-0.1, -0.05) is 185 Å². The number of aromatic nitrogens is 2. The van der Waals surface area contributed by atoms with E-state index in [2.05, 4.69) is 149 Å². The predicted molar refractivity (Wildman–Crippen MR) is 318 cm³/mol. The average molecular weight is 1050 g/mol. The van der Waals surface area contributed by atoms with Gasteiger partial charge in [-0.3, -0.25) is 0 Å². The van der Waals surface area contributed by atoms with Crippen molar-refractivity contribution in [2.75, 3.05) is 0 Å². The van der Waals surface area contributed by atoms with E-state index in [1.165, 1.54) is 68.8 Å². The summed E-state index contributed by atoms with van der Waals surface area (Å²) in [5.41, 5.74) is 20.0. The maximum Gasteiger partial charge on any atom is 0.126 e. The van der Waals surface area contributed by atoms with Gasteiger partial charge in [-0.15, -0.1) is 11.3 Å². The summed E-state index contributed by atoms with van der Waals surface area (Å²) in [7, 11) is 0. The zero-order valence-corrected chi connectivity index (χ0v) is 44.3. The lowest BCUT2D eigenvalue weighted by atomic mass is 9.82. The first-order valence-corrected chi connectivity index (χ1v) is 27.4. The monoisotopic (exact) mass is 1050 g/mol. The molecule has 0 amide bonds. The largest absolute Gasteiger partial charge is 0.242 e. The Morgan fingerprint density at radius 2 is 0.620 bits per heavy atom.